The van der Waals surface area contributed by atoms with Crippen LogP contribution in [0.5, 0.6) is 11.5 Å². The summed E-state index contributed by atoms with van der Waals surface area (Å²) in [5.41, 5.74) is 2.95. The molecular weight excluding hydrogens is 328 g/mol. The van der Waals surface area contributed by atoms with E-state index in [2.05, 4.69) is 19.3 Å². The second kappa shape index (κ2) is 14.2. The van der Waals surface area contributed by atoms with Gasteiger partial charge < -0.3 is 9.47 Å². The molecule has 146 valence electrons. The zero-order valence-corrected chi connectivity index (χ0v) is 16.3. The van der Waals surface area contributed by atoms with Crippen LogP contribution < -0.4 is 20.7 Å². The number of hydrazine groups is 1. The molecule has 0 aliphatic heterocycles. The van der Waals surface area contributed by atoms with Crippen LogP contribution >= 0.6 is 0 Å². The van der Waals surface area contributed by atoms with Gasteiger partial charge in [-0.25, -0.2) is 5.84 Å². The van der Waals surface area contributed by atoms with Crippen LogP contribution in [-0.4, -0.2) is 19.1 Å². The van der Waals surface area contributed by atoms with Crippen LogP contribution in [0.1, 0.15) is 70.8 Å². The third-order valence-corrected chi connectivity index (χ3v) is 4.05. The summed E-state index contributed by atoms with van der Waals surface area (Å²) in [7, 11) is 0. The first-order valence-electron chi connectivity index (χ1n) is 9.79. The third-order valence-electron chi connectivity index (χ3n) is 4.05. The van der Waals surface area contributed by atoms with Gasteiger partial charge in [-0.05, 0) is 36.6 Å². The lowest BCUT2D eigenvalue weighted by Gasteiger charge is -2.14. The molecule has 3 N–H and O–H groups in total. The van der Waals surface area contributed by atoms with Crippen LogP contribution in [-0.2, 0) is 4.79 Å². The van der Waals surface area contributed by atoms with Gasteiger partial charge in [0.1, 0.15) is 0 Å². The molecule has 0 unspecified atom stereocenters. The number of benzene rings is 1. The average Bonchev–Trinajstić information content (AvgIpc) is 2.66. The fourth-order valence-corrected chi connectivity index (χ4v) is 2.50. The van der Waals surface area contributed by atoms with Crippen molar-refractivity contribution in [2.75, 3.05) is 13.2 Å². The Morgan fingerprint density at radius 2 is 1.58 bits per heavy atom. The Balaban J connectivity index is 2.69. The van der Waals surface area contributed by atoms with Gasteiger partial charge in [-0.1, -0.05) is 58.4 Å². The molecule has 0 fully saturated rings. The van der Waals surface area contributed by atoms with E-state index in [0.29, 0.717) is 13.2 Å². The molecule has 1 aromatic carbocycles. The minimum Gasteiger partial charge on any atom is -0.490 e. The van der Waals surface area contributed by atoms with Gasteiger partial charge in [-0.3, -0.25) is 10.2 Å². The van der Waals surface area contributed by atoms with Crippen LogP contribution in [0.3, 0.4) is 0 Å². The Labute approximate surface area is 157 Å². The predicted octanol–water partition coefficient (Wildman–Crippen LogP) is 4.61. The summed E-state index contributed by atoms with van der Waals surface area (Å²) in [6.07, 6.45) is 12.4. The standard InChI is InChI=1S/C21H34N2O3/c1-3-5-7-9-15-25-19-13-11-18(12-14-21(24)23-22)17-20(19)26-16-10-8-6-4-2/h11-14,17H,3-10,15-16,22H2,1-2H3,(H,23,24)/b14-12+. The molecule has 0 saturated carbocycles. The Kier molecular flexibility index (Phi) is 12.0. The van der Waals surface area contributed by atoms with Gasteiger partial charge in [-0.15, -0.1) is 0 Å². The molecule has 1 amide bonds. The number of unbranched alkanes of at least 4 members (excludes halogenated alkanes) is 6. The van der Waals surface area contributed by atoms with E-state index in [9.17, 15) is 4.79 Å². The predicted molar refractivity (Wildman–Crippen MR) is 107 cm³/mol. The molecule has 5 nitrogen and oxygen atoms in total. The first-order chi connectivity index (χ1) is 12.7. The van der Waals surface area contributed by atoms with Gasteiger partial charge in [0, 0.05) is 6.08 Å². The third kappa shape index (κ3) is 9.47. The van der Waals surface area contributed by atoms with Gasteiger partial charge in [0.15, 0.2) is 11.5 Å². The van der Waals surface area contributed by atoms with Gasteiger partial charge in [0.25, 0.3) is 5.91 Å². The quantitative estimate of drug-likeness (QED) is 0.167. The smallest absolute Gasteiger partial charge is 0.257 e. The van der Waals surface area contributed by atoms with Gasteiger partial charge in [0.05, 0.1) is 13.2 Å². The highest BCUT2D eigenvalue weighted by atomic mass is 16.5. The Morgan fingerprint density at radius 3 is 2.15 bits per heavy atom. The zero-order chi connectivity index (χ0) is 19.0. The molecule has 0 aromatic heterocycles. The molecule has 0 spiro atoms. The van der Waals surface area contributed by atoms with E-state index < -0.39 is 0 Å². The fourth-order valence-electron chi connectivity index (χ4n) is 2.50. The summed E-state index contributed by atoms with van der Waals surface area (Å²) in [5.74, 6) is 6.24. The Hall–Kier alpha value is -2.01. The van der Waals surface area contributed by atoms with Crippen molar-refractivity contribution >= 4 is 12.0 Å². The van der Waals surface area contributed by atoms with E-state index in [1.165, 1.54) is 44.6 Å². The maximum Gasteiger partial charge on any atom is 0.257 e. The van der Waals surface area contributed by atoms with Crippen molar-refractivity contribution in [3.63, 3.8) is 0 Å². The van der Waals surface area contributed by atoms with Gasteiger partial charge >= 0.3 is 0 Å². The van der Waals surface area contributed by atoms with Crippen LogP contribution in [0, 0.1) is 0 Å². The number of nitrogens with one attached hydrogen (secondary N) is 1. The fraction of sp³-hybridized carbons (Fsp3) is 0.571. The topological polar surface area (TPSA) is 73.6 Å². The van der Waals surface area contributed by atoms with Crippen molar-refractivity contribution in [1.29, 1.82) is 0 Å². The van der Waals surface area contributed by atoms with Crippen molar-refractivity contribution in [2.24, 2.45) is 5.84 Å². The molecule has 0 saturated heterocycles. The molecular formula is C21H34N2O3. The minimum absolute atomic E-state index is 0.344. The number of carbonyl (C=O) groups is 1. The lowest BCUT2D eigenvalue weighted by Crippen LogP contribution is -2.27. The molecule has 0 atom stereocenters. The summed E-state index contributed by atoms with van der Waals surface area (Å²) < 4.78 is 11.9. The van der Waals surface area contributed by atoms with E-state index in [0.717, 1.165) is 29.9 Å². The van der Waals surface area contributed by atoms with E-state index >= 15 is 0 Å². The number of rotatable bonds is 14. The van der Waals surface area contributed by atoms with Crippen molar-refractivity contribution in [3.8, 4) is 11.5 Å². The molecule has 1 rings (SSSR count). The first kappa shape index (κ1) is 22.0. The number of amides is 1. The highest BCUT2D eigenvalue weighted by Crippen LogP contribution is 2.29. The van der Waals surface area contributed by atoms with Crippen molar-refractivity contribution < 1.29 is 14.3 Å². The van der Waals surface area contributed by atoms with Crippen LogP contribution in [0.2, 0.25) is 0 Å². The largest absolute Gasteiger partial charge is 0.490 e. The number of ether oxygens (including phenoxy) is 2. The zero-order valence-electron chi connectivity index (χ0n) is 16.3. The summed E-state index contributed by atoms with van der Waals surface area (Å²) in [4.78, 5) is 11.3. The molecule has 0 aliphatic rings. The molecule has 0 heterocycles. The highest BCUT2D eigenvalue weighted by molar-refractivity contribution is 5.91. The van der Waals surface area contributed by atoms with E-state index in [1.807, 2.05) is 18.2 Å². The number of nitrogens with two attached hydrogens (primary N) is 1. The highest BCUT2D eigenvalue weighted by Gasteiger charge is 2.07. The molecule has 0 radical (unpaired) electrons. The van der Waals surface area contributed by atoms with Crippen molar-refractivity contribution in [1.82, 2.24) is 5.43 Å². The average molecular weight is 363 g/mol. The van der Waals surface area contributed by atoms with Crippen molar-refractivity contribution in [2.45, 2.75) is 65.2 Å². The Bertz CT molecular complexity index is 544. The molecule has 0 bridgehead atoms. The summed E-state index contributed by atoms with van der Waals surface area (Å²) in [6.45, 7) is 5.75. The molecule has 0 aliphatic carbocycles. The van der Waals surface area contributed by atoms with Gasteiger partial charge in [-0.2, -0.15) is 0 Å². The monoisotopic (exact) mass is 362 g/mol. The lowest BCUT2D eigenvalue weighted by molar-refractivity contribution is -0.116. The van der Waals surface area contributed by atoms with Crippen LogP contribution in [0.4, 0.5) is 0 Å². The molecule has 5 heteroatoms. The number of carbonyl (C=O) groups excluding carboxylic acids is 1. The summed E-state index contributed by atoms with van der Waals surface area (Å²) >= 11 is 0. The summed E-state index contributed by atoms with van der Waals surface area (Å²) in [5, 5.41) is 0. The van der Waals surface area contributed by atoms with Crippen LogP contribution in [0.15, 0.2) is 24.3 Å². The number of hydrogen-bond donors (Lipinski definition) is 2. The Morgan fingerprint density at radius 1 is 0.962 bits per heavy atom. The lowest BCUT2D eigenvalue weighted by atomic mass is 10.1. The molecule has 26 heavy (non-hydrogen) atoms. The van der Waals surface area contributed by atoms with Crippen LogP contribution in [0.25, 0.3) is 6.08 Å². The summed E-state index contributed by atoms with van der Waals surface area (Å²) in [6, 6.07) is 5.72. The van der Waals surface area contributed by atoms with Gasteiger partial charge in [0.2, 0.25) is 0 Å². The van der Waals surface area contributed by atoms with E-state index in [4.69, 9.17) is 15.3 Å². The second-order valence-corrected chi connectivity index (χ2v) is 6.37. The normalized spacial score (nSPS) is 10.9. The molecule has 1 aromatic rings. The maximum absolute atomic E-state index is 11.3. The van der Waals surface area contributed by atoms with Crippen molar-refractivity contribution in [3.05, 3.63) is 29.8 Å². The van der Waals surface area contributed by atoms with E-state index in [-0.39, 0.29) is 5.91 Å². The first-order valence-corrected chi connectivity index (χ1v) is 9.79. The second-order valence-electron chi connectivity index (χ2n) is 6.37. The van der Waals surface area contributed by atoms with E-state index in [1.54, 1.807) is 6.08 Å². The maximum atomic E-state index is 11.3. The number of hydrogen-bond acceptors (Lipinski definition) is 4. The SMILES string of the molecule is CCCCCCOc1ccc(/C=C/C(=O)NN)cc1OCCCCCC. The minimum atomic E-state index is -0.344.